The molecule has 1 heterocycles. The van der Waals surface area contributed by atoms with Crippen molar-refractivity contribution in [1.82, 2.24) is 20.1 Å². The number of carbonyl (C=O) groups excluding carboxylic acids is 1. The monoisotopic (exact) mass is 447 g/mol. The first kappa shape index (κ1) is 21.3. The lowest BCUT2D eigenvalue weighted by atomic mass is 10.2. The minimum atomic E-state index is -3.72. The van der Waals surface area contributed by atoms with Crippen molar-refractivity contribution in [2.75, 3.05) is 11.4 Å². The summed E-state index contributed by atoms with van der Waals surface area (Å²) < 4.78 is 28.6. The van der Waals surface area contributed by atoms with Crippen molar-refractivity contribution < 1.29 is 13.2 Å². The van der Waals surface area contributed by atoms with E-state index < -0.39 is 10.0 Å². The average Bonchev–Trinajstić information content (AvgIpc) is 3.38. The normalized spacial score (nSPS) is 11.2. The fourth-order valence-electron chi connectivity index (χ4n) is 3.11. The van der Waals surface area contributed by atoms with Crippen LogP contribution in [-0.2, 0) is 16.6 Å². The molecule has 0 aliphatic heterocycles. The molecule has 8 nitrogen and oxygen atoms in total. The van der Waals surface area contributed by atoms with Crippen LogP contribution in [0.2, 0.25) is 0 Å². The van der Waals surface area contributed by atoms with E-state index in [0.29, 0.717) is 17.8 Å². The third-order valence-corrected chi connectivity index (χ3v) is 6.77. The summed E-state index contributed by atoms with van der Waals surface area (Å²) in [5.74, 6) is -0.286. The number of nitrogens with zero attached hydrogens (tertiary/aromatic N) is 4. The van der Waals surface area contributed by atoms with Crippen LogP contribution in [0.1, 0.15) is 15.9 Å². The van der Waals surface area contributed by atoms with Crippen LogP contribution < -0.4 is 9.62 Å². The number of hydrogen-bond acceptors (Lipinski definition) is 5. The molecule has 162 valence electrons. The fraction of sp³-hybridized carbons (Fsp3) is 0.0870. The third kappa shape index (κ3) is 4.52. The molecule has 1 aromatic heterocycles. The Morgan fingerprint density at radius 1 is 0.969 bits per heavy atom. The quantitative estimate of drug-likeness (QED) is 0.470. The van der Waals surface area contributed by atoms with Gasteiger partial charge in [0.1, 0.15) is 12.7 Å². The number of aromatic nitrogens is 3. The summed E-state index contributed by atoms with van der Waals surface area (Å²) >= 11 is 0. The van der Waals surface area contributed by atoms with Crippen molar-refractivity contribution in [1.29, 1.82) is 0 Å². The van der Waals surface area contributed by atoms with Gasteiger partial charge in [0.2, 0.25) is 0 Å². The van der Waals surface area contributed by atoms with Crippen LogP contribution in [0.15, 0.2) is 96.4 Å². The van der Waals surface area contributed by atoms with E-state index in [1.165, 1.54) is 41.9 Å². The van der Waals surface area contributed by atoms with Crippen LogP contribution in [0.3, 0.4) is 0 Å². The SMILES string of the molecule is CN(c1ccccc1)S(=O)(=O)c1ccc(C(=O)NCc2ccc(-n3cncn3)cc2)cc1. The summed E-state index contributed by atoms with van der Waals surface area (Å²) in [4.78, 5) is 16.5. The second-order valence-corrected chi connectivity index (χ2v) is 8.99. The maximum absolute atomic E-state index is 12.9. The van der Waals surface area contributed by atoms with Crippen molar-refractivity contribution in [2.24, 2.45) is 0 Å². The van der Waals surface area contributed by atoms with E-state index in [0.717, 1.165) is 11.3 Å². The highest BCUT2D eigenvalue weighted by atomic mass is 32.2. The van der Waals surface area contributed by atoms with Gasteiger partial charge in [-0.25, -0.2) is 18.1 Å². The summed E-state index contributed by atoms with van der Waals surface area (Å²) in [7, 11) is -2.22. The molecule has 0 unspecified atom stereocenters. The van der Waals surface area contributed by atoms with Gasteiger partial charge in [-0.15, -0.1) is 0 Å². The largest absolute Gasteiger partial charge is 0.348 e. The van der Waals surface area contributed by atoms with Gasteiger partial charge >= 0.3 is 0 Å². The standard InChI is InChI=1S/C23H21N5O3S/c1-27(20-5-3-2-4-6-20)32(30,31)22-13-9-19(10-14-22)23(29)25-15-18-7-11-21(12-8-18)28-17-24-16-26-28/h2-14,16-17H,15H2,1H3,(H,25,29). The lowest BCUT2D eigenvalue weighted by Gasteiger charge is -2.19. The molecule has 0 bridgehead atoms. The number of para-hydroxylation sites is 1. The van der Waals surface area contributed by atoms with Crippen molar-refractivity contribution in [3.63, 3.8) is 0 Å². The van der Waals surface area contributed by atoms with Crippen LogP contribution in [-0.4, -0.2) is 36.1 Å². The molecule has 3 aromatic carbocycles. The van der Waals surface area contributed by atoms with Gasteiger partial charge in [0, 0.05) is 19.2 Å². The van der Waals surface area contributed by atoms with E-state index in [1.807, 2.05) is 30.3 Å². The molecule has 0 fully saturated rings. The zero-order valence-corrected chi connectivity index (χ0v) is 18.1. The van der Waals surface area contributed by atoms with Gasteiger partial charge in [-0.2, -0.15) is 5.10 Å². The second-order valence-electron chi connectivity index (χ2n) is 7.02. The number of anilines is 1. The maximum atomic E-state index is 12.9. The first-order chi connectivity index (χ1) is 15.4. The molecule has 0 radical (unpaired) electrons. The fourth-order valence-corrected chi connectivity index (χ4v) is 4.30. The number of sulfonamides is 1. The number of carbonyl (C=O) groups is 1. The van der Waals surface area contributed by atoms with E-state index in [2.05, 4.69) is 15.4 Å². The second kappa shape index (κ2) is 9.03. The number of nitrogens with one attached hydrogen (secondary N) is 1. The van der Waals surface area contributed by atoms with Crippen LogP contribution >= 0.6 is 0 Å². The van der Waals surface area contributed by atoms with Gasteiger partial charge in [0.05, 0.1) is 16.3 Å². The molecule has 0 aliphatic rings. The molecule has 4 aromatic rings. The molecule has 1 N–H and O–H groups in total. The number of rotatable bonds is 7. The molecule has 32 heavy (non-hydrogen) atoms. The van der Waals surface area contributed by atoms with E-state index in [9.17, 15) is 13.2 Å². The highest BCUT2D eigenvalue weighted by molar-refractivity contribution is 7.92. The summed E-state index contributed by atoms with van der Waals surface area (Å²) in [5.41, 5.74) is 2.73. The van der Waals surface area contributed by atoms with Crippen molar-refractivity contribution in [3.8, 4) is 5.69 Å². The summed E-state index contributed by atoms with van der Waals surface area (Å²) in [6, 6.07) is 22.3. The van der Waals surface area contributed by atoms with E-state index >= 15 is 0 Å². The van der Waals surface area contributed by atoms with Crippen LogP contribution in [0, 0.1) is 0 Å². The first-order valence-corrected chi connectivity index (χ1v) is 11.3. The number of benzene rings is 3. The summed E-state index contributed by atoms with van der Waals surface area (Å²) in [6.45, 7) is 0.341. The Labute approximate surface area is 186 Å². The van der Waals surface area contributed by atoms with Crippen molar-refractivity contribution in [2.45, 2.75) is 11.4 Å². The van der Waals surface area contributed by atoms with Gasteiger partial charge in [-0.1, -0.05) is 30.3 Å². The highest BCUT2D eigenvalue weighted by Crippen LogP contribution is 2.22. The smallest absolute Gasteiger partial charge is 0.264 e. The van der Waals surface area contributed by atoms with Crippen molar-refractivity contribution in [3.05, 3.63) is 103 Å². The summed E-state index contributed by atoms with van der Waals surface area (Å²) in [6.07, 6.45) is 3.07. The Kier molecular flexibility index (Phi) is 6.00. The van der Waals surface area contributed by atoms with Crippen LogP contribution in [0.4, 0.5) is 5.69 Å². The number of amides is 1. The minimum Gasteiger partial charge on any atom is -0.348 e. The third-order valence-electron chi connectivity index (χ3n) is 4.97. The first-order valence-electron chi connectivity index (χ1n) is 9.81. The Morgan fingerprint density at radius 3 is 2.28 bits per heavy atom. The molecule has 0 saturated heterocycles. The maximum Gasteiger partial charge on any atom is 0.264 e. The van der Waals surface area contributed by atoms with E-state index in [4.69, 9.17) is 0 Å². The van der Waals surface area contributed by atoms with Gasteiger partial charge in [0.15, 0.2) is 0 Å². The van der Waals surface area contributed by atoms with Gasteiger partial charge in [-0.3, -0.25) is 9.10 Å². The molecule has 0 saturated carbocycles. The molecular weight excluding hydrogens is 426 g/mol. The molecule has 4 rings (SSSR count). The zero-order valence-electron chi connectivity index (χ0n) is 17.3. The van der Waals surface area contributed by atoms with Gasteiger partial charge < -0.3 is 5.32 Å². The van der Waals surface area contributed by atoms with Crippen molar-refractivity contribution >= 4 is 21.6 Å². The topological polar surface area (TPSA) is 97.2 Å². The molecule has 0 spiro atoms. The Bertz CT molecular complexity index is 1290. The Balaban J connectivity index is 1.40. The average molecular weight is 448 g/mol. The zero-order chi connectivity index (χ0) is 22.6. The minimum absolute atomic E-state index is 0.115. The lowest BCUT2D eigenvalue weighted by molar-refractivity contribution is 0.0951. The van der Waals surface area contributed by atoms with E-state index in [-0.39, 0.29) is 10.8 Å². The van der Waals surface area contributed by atoms with Gasteiger partial charge in [-0.05, 0) is 54.1 Å². The highest BCUT2D eigenvalue weighted by Gasteiger charge is 2.21. The molecule has 1 amide bonds. The molecule has 9 heteroatoms. The predicted octanol–water partition coefficient (Wildman–Crippen LogP) is 3.02. The predicted molar refractivity (Wildman–Crippen MR) is 121 cm³/mol. The van der Waals surface area contributed by atoms with Crippen LogP contribution in [0.25, 0.3) is 5.69 Å². The molecular formula is C23H21N5O3S. The van der Waals surface area contributed by atoms with E-state index in [1.54, 1.807) is 35.3 Å². The summed E-state index contributed by atoms with van der Waals surface area (Å²) in [5, 5.41) is 6.92. The number of hydrogen-bond donors (Lipinski definition) is 1. The molecule has 0 atom stereocenters. The Hall–Kier alpha value is -3.98. The lowest BCUT2D eigenvalue weighted by Crippen LogP contribution is -2.27. The van der Waals surface area contributed by atoms with Gasteiger partial charge in [0.25, 0.3) is 15.9 Å². The van der Waals surface area contributed by atoms with Crippen LogP contribution in [0.5, 0.6) is 0 Å². The molecule has 0 aliphatic carbocycles. The Morgan fingerprint density at radius 2 is 1.66 bits per heavy atom.